The van der Waals surface area contributed by atoms with Gasteiger partial charge in [-0.2, -0.15) is 0 Å². The Kier molecular flexibility index (Phi) is 10.9. The van der Waals surface area contributed by atoms with E-state index in [1.165, 1.54) is 38.5 Å². The second-order valence-electron chi connectivity index (χ2n) is 19.4. The van der Waals surface area contributed by atoms with Crippen LogP contribution in [0.3, 0.4) is 0 Å². The first-order valence-corrected chi connectivity index (χ1v) is 22.3. The molecule has 0 aliphatic heterocycles. The van der Waals surface area contributed by atoms with Crippen LogP contribution in [0.25, 0.3) is 11.1 Å². The van der Waals surface area contributed by atoms with E-state index in [1.54, 1.807) is 23.1 Å². The molecule has 3 fully saturated rings. The maximum atomic E-state index is 15.3. The van der Waals surface area contributed by atoms with E-state index in [1.807, 2.05) is 54.6 Å². The van der Waals surface area contributed by atoms with Crippen molar-refractivity contribution in [2.24, 2.45) is 33.5 Å². The Morgan fingerprint density at radius 2 is 1.41 bits per heavy atom. The van der Waals surface area contributed by atoms with E-state index in [9.17, 15) is 28.2 Å². The van der Waals surface area contributed by atoms with E-state index < -0.39 is 34.3 Å². The van der Waals surface area contributed by atoms with E-state index >= 15 is 4.79 Å². The van der Waals surface area contributed by atoms with Crippen LogP contribution in [0.2, 0.25) is 0 Å². The van der Waals surface area contributed by atoms with Crippen molar-refractivity contribution in [1.82, 2.24) is 4.90 Å². The summed E-state index contributed by atoms with van der Waals surface area (Å²) in [4.78, 5) is 31.5. The standard InChI is InChI=1S/C53H56F3NO7/c1-48-23-20-39(58)30-50(48)26-27-52(41(31-50)47(60)38-15-13-37(14-16-38)36-8-6-5-7-9-36)44(48)21-24-49(2)45(52)22-25-51(49,61)33-57(32-34-10-17-40(18-11-34)64-53(54,55)56)46(59)29-35-12-19-42(62-3)43(28-35)63-4/h5-19,26-28,31,39,44-45,58,61H,20-25,29-30,32-33H2,1-4H3. The van der Waals surface area contributed by atoms with Crippen LogP contribution in [-0.2, 0) is 17.8 Å². The Bertz CT molecular complexity index is 2490. The van der Waals surface area contributed by atoms with Gasteiger partial charge in [-0.25, -0.2) is 0 Å². The van der Waals surface area contributed by atoms with E-state index in [2.05, 4.69) is 36.8 Å². The molecule has 8 nitrogen and oxygen atoms in total. The third-order valence-electron chi connectivity index (χ3n) is 16.3. The molecule has 6 aliphatic rings. The molecule has 8 unspecified atom stereocenters. The van der Waals surface area contributed by atoms with Crippen molar-refractivity contribution in [3.05, 3.63) is 138 Å². The van der Waals surface area contributed by atoms with Crippen molar-refractivity contribution in [1.29, 1.82) is 0 Å². The zero-order valence-corrected chi connectivity index (χ0v) is 36.8. The van der Waals surface area contributed by atoms with Crippen LogP contribution in [0, 0.1) is 33.5 Å². The lowest BCUT2D eigenvalue weighted by atomic mass is 9.32. The summed E-state index contributed by atoms with van der Waals surface area (Å²) in [6.45, 7) is 4.47. The highest BCUT2D eigenvalue weighted by Gasteiger charge is 2.74. The minimum absolute atomic E-state index is 0.0285. The maximum absolute atomic E-state index is 15.3. The van der Waals surface area contributed by atoms with Gasteiger partial charge in [0.1, 0.15) is 5.75 Å². The lowest BCUT2D eigenvalue weighted by Gasteiger charge is -2.71. The largest absolute Gasteiger partial charge is 0.573 e. The van der Waals surface area contributed by atoms with Gasteiger partial charge in [0, 0.05) is 33.9 Å². The lowest BCUT2D eigenvalue weighted by molar-refractivity contribution is -0.274. The number of allylic oxidation sites excluding steroid dienone is 4. The number of hydrogen-bond donors (Lipinski definition) is 2. The topological polar surface area (TPSA) is 106 Å². The molecule has 11 heteroatoms. The number of halogens is 3. The third kappa shape index (κ3) is 7.14. The van der Waals surface area contributed by atoms with Gasteiger partial charge in [0.15, 0.2) is 17.3 Å². The summed E-state index contributed by atoms with van der Waals surface area (Å²) in [5.41, 5.74) is 1.05. The molecule has 2 bridgehead atoms. The monoisotopic (exact) mass is 875 g/mol. The molecule has 0 radical (unpaired) electrons. The number of Topliss-reactive ketones (excluding diaryl/α,β-unsaturated/α-hetero) is 1. The highest BCUT2D eigenvalue weighted by Crippen LogP contribution is 2.78. The number of rotatable bonds is 12. The molecule has 0 heterocycles. The Hall–Kier alpha value is -5.39. The zero-order chi connectivity index (χ0) is 45.3. The number of carbonyl (C=O) groups is 2. The summed E-state index contributed by atoms with van der Waals surface area (Å²) in [5, 5.41) is 24.5. The predicted molar refractivity (Wildman–Crippen MR) is 237 cm³/mol. The molecular formula is C53H56F3NO7. The van der Waals surface area contributed by atoms with Crippen molar-refractivity contribution in [3.63, 3.8) is 0 Å². The molecule has 4 aromatic rings. The molecule has 1 amide bonds. The van der Waals surface area contributed by atoms with E-state index in [0.29, 0.717) is 60.3 Å². The van der Waals surface area contributed by atoms with Crippen LogP contribution >= 0.6 is 0 Å². The number of nitrogens with zero attached hydrogens (tertiary/aromatic N) is 1. The normalized spacial score (nSPS) is 31.3. The molecule has 2 spiro atoms. The van der Waals surface area contributed by atoms with E-state index in [0.717, 1.165) is 29.5 Å². The zero-order valence-electron chi connectivity index (χ0n) is 36.8. The fourth-order valence-electron chi connectivity index (χ4n) is 13.0. The number of ether oxygens (including phenoxy) is 3. The number of benzene rings is 4. The summed E-state index contributed by atoms with van der Waals surface area (Å²) in [7, 11) is 3.05. The highest BCUT2D eigenvalue weighted by atomic mass is 19.4. The van der Waals surface area contributed by atoms with Crippen molar-refractivity contribution in [2.45, 2.75) is 89.8 Å². The first-order chi connectivity index (χ1) is 30.5. The Morgan fingerprint density at radius 1 is 0.766 bits per heavy atom. The number of methoxy groups -OCH3 is 2. The van der Waals surface area contributed by atoms with Gasteiger partial charge >= 0.3 is 6.36 Å². The quantitative estimate of drug-likeness (QED) is 0.108. The van der Waals surface area contributed by atoms with Gasteiger partial charge in [0.25, 0.3) is 0 Å². The van der Waals surface area contributed by atoms with Crippen LogP contribution in [0.15, 0.2) is 121 Å². The number of aliphatic hydroxyl groups excluding tert-OH is 1. The van der Waals surface area contributed by atoms with Crippen LogP contribution in [0.4, 0.5) is 13.2 Å². The van der Waals surface area contributed by atoms with Gasteiger partial charge in [-0.1, -0.05) is 105 Å². The summed E-state index contributed by atoms with van der Waals surface area (Å²) >= 11 is 0. The molecule has 3 saturated carbocycles. The molecular weight excluding hydrogens is 820 g/mol. The van der Waals surface area contributed by atoms with Crippen LogP contribution in [0.1, 0.15) is 80.3 Å². The van der Waals surface area contributed by atoms with Gasteiger partial charge in [-0.05, 0) is 109 Å². The molecule has 6 aliphatic carbocycles. The number of aliphatic hydroxyl groups is 2. The second kappa shape index (κ2) is 15.9. The third-order valence-corrected chi connectivity index (χ3v) is 16.3. The first-order valence-electron chi connectivity index (χ1n) is 22.3. The average molecular weight is 876 g/mol. The van der Waals surface area contributed by atoms with Crippen molar-refractivity contribution >= 4 is 11.7 Å². The van der Waals surface area contributed by atoms with Crippen LogP contribution in [0.5, 0.6) is 17.2 Å². The first kappa shape index (κ1) is 43.8. The minimum Gasteiger partial charge on any atom is -0.493 e. The van der Waals surface area contributed by atoms with Gasteiger partial charge < -0.3 is 29.3 Å². The molecule has 64 heavy (non-hydrogen) atoms. The molecule has 0 saturated heterocycles. The van der Waals surface area contributed by atoms with Gasteiger partial charge in [0.2, 0.25) is 5.91 Å². The van der Waals surface area contributed by atoms with Crippen molar-refractivity contribution in [2.75, 3.05) is 20.8 Å². The Labute approximate surface area is 372 Å². The minimum atomic E-state index is -4.85. The second-order valence-corrected chi connectivity index (χ2v) is 19.4. The number of hydrogen-bond acceptors (Lipinski definition) is 7. The smallest absolute Gasteiger partial charge is 0.493 e. The molecule has 2 N–H and O–H groups in total. The molecule has 336 valence electrons. The summed E-state index contributed by atoms with van der Waals surface area (Å²) in [5.74, 6) is 0.191. The molecule has 4 aromatic carbocycles. The average Bonchev–Trinajstić information content (AvgIpc) is 3.55. The molecule has 0 aromatic heterocycles. The summed E-state index contributed by atoms with van der Waals surface area (Å²) < 4.78 is 54.2. The van der Waals surface area contributed by atoms with Gasteiger partial charge in [-0.3, -0.25) is 9.59 Å². The SMILES string of the molecule is COc1ccc(CC(=O)N(Cc2ccc(OC(F)(F)F)cc2)CC2(O)CCC3C45C=CC6(C=C4C(=O)c4ccc(-c7ccccc7)cc4)CC(O)CCC6(C)C5CCC32C)cc1OC. The summed E-state index contributed by atoms with van der Waals surface area (Å²) in [6.07, 6.45) is 5.82. The van der Waals surface area contributed by atoms with E-state index in [4.69, 9.17) is 9.47 Å². The number of alkyl halides is 3. The molecule has 10 rings (SSSR count). The fourth-order valence-corrected chi connectivity index (χ4v) is 13.0. The van der Waals surface area contributed by atoms with Crippen LogP contribution < -0.4 is 14.2 Å². The maximum Gasteiger partial charge on any atom is 0.573 e. The number of amides is 1. The van der Waals surface area contributed by atoms with E-state index in [-0.39, 0.29) is 54.2 Å². The molecule has 8 atom stereocenters. The summed E-state index contributed by atoms with van der Waals surface area (Å²) in [6, 6.07) is 28.6. The number of fused-ring (bicyclic) bond motifs is 1. The predicted octanol–water partition coefficient (Wildman–Crippen LogP) is 10.3. The lowest BCUT2D eigenvalue weighted by Crippen LogP contribution is -2.67. The van der Waals surface area contributed by atoms with Gasteiger partial charge in [0.05, 0.1) is 38.9 Å². The van der Waals surface area contributed by atoms with Gasteiger partial charge in [-0.15, -0.1) is 13.2 Å². The van der Waals surface area contributed by atoms with Crippen molar-refractivity contribution in [3.8, 4) is 28.4 Å². The Morgan fingerprint density at radius 3 is 2.09 bits per heavy atom. The Balaban J connectivity index is 1.08. The highest BCUT2D eigenvalue weighted by molar-refractivity contribution is 6.10. The fraction of sp³-hybridized carbons (Fsp3) is 0.434. The number of ketones is 1. The van der Waals surface area contributed by atoms with Crippen LogP contribution in [-0.4, -0.2) is 65.6 Å². The van der Waals surface area contributed by atoms with Crippen molar-refractivity contribution < 1.29 is 47.2 Å². The number of carbonyl (C=O) groups excluding carboxylic acids is 2.